The zero-order chi connectivity index (χ0) is 33.2. The highest BCUT2D eigenvalue weighted by molar-refractivity contribution is 5.88. The van der Waals surface area contributed by atoms with Crippen LogP contribution in [0.4, 0.5) is 17.5 Å². The van der Waals surface area contributed by atoms with Gasteiger partial charge in [-0.3, -0.25) is 19.4 Å². The molecule has 1 aromatic heterocycles. The van der Waals surface area contributed by atoms with Crippen LogP contribution in [0.2, 0.25) is 0 Å². The van der Waals surface area contributed by atoms with Crippen molar-refractivity contribution in [3.63, 3.8) is 0 Å². The number of anilines is 3. The standard InChI is InChI=1S/C37H67N5O4/c1-3-5-7-9-11-13-15-17-19-21-23-26-31(43)27-25-29-46-36(42-30-39-33-34(42)40-37(38)41-35(33)45)32(44)28-24-22-20-18-16-14-12-10-8-6-4-2/h36,39H,3-30H2,1-2H3,(H3,38,40,41,45). The van der Waals surface area contributed by atoms with Crippen molar-refractivity contribution in [3.05, 3.63) is 10.4 Å². The maximum Gasteiger partial charge on any atom is 0.277 e. The number of H-pyrrole nitrogens is 1. The summed E-state index contributed by atoms with van der Waals surface area (Å²) in [5.74, 6) is 0.573. The van der Waals surface area contributed by atoms with Gasteiger partial charge in [0.15, 0.2) is 17.8 Å². The van der Waals surface area contributed by atoms with E-state index in [1.807, 2.05) is 0 Å². The predicted octanol–water partition coefficient (Wildman–Crippen LogP) is 9.20. The third kappa shape index (κ3) is 16.9. The van der Waals surface area contributed by atoms with Crippen LogP contribution in [0.15, 0.2) is 4.79 Å². The molecule has 1 aromatic rings. The summed E-state index contributed by atoms with van der Waals surface area (Å²) in [6.07, 6.45) is 28.5. The zero-order valence-electron chi connectivity index (χ0n) is 29.5. The maximum absolute atomic E-state index is 13.4. The van der Waals surface area contributed by atoms with E-state index in [4.69, 9.17) is 10.5 Å². The monoisotopic (exact) mass is 646 g/mol. The van der Waals surface area contributed by atoms with E-state index in [0.717, 1.165) is 32.1 Å². The minimum atomic E-state index is -0.868. The number of nitrogens with zero attached hydrogens (tertiary/aromatic N) is 2. The second kappa shape index (κ2) is 25.6. The molecule has 2 rings (SSSR count). The fourth-order valence-electron chi connectivity index (χ4n) is 6.30. The summed E-state index contributed by atoms with van der Waals surface area (Å²) in [5.41, 5.74) is 5.75. The van der Waals surface area contributed by atoms with E-state index in [2.05, 4.69) is 29.1 Å². The quantitative estimate of drug-likeness (QED) is 0.0681. The molecule has 0 radical (unpaired) electrons. The smallest absolute Gasteiger partial charge is 0.277 e. The molecule has 0 bridgehead atoms. The predicted molar refractivity (Wildman–Crippen MR) is 191 cm³/mol. The van der Waals surface area contributed by atoms with Gasteiger partial charge in [0.25, 0.3) is 5.56 Å². The number of hydrogen-bond donors (Lipinski definition) is 3. The first kappa shape index (κ1) is 39.8. The van der Waals surface area contributed by atoms with Crippen LogP contribution in [-0.4, -0.2) is 41.0 Å². The van der Waals surface area contributed by atoms with Gasteiger partial charge in [0.05, 0.1) is 13.3 Å². The molecule has 4 N–H and O–H groups in total. The minimum absolute atomic E-state index is 0.00187. The van der Waals surface area contributed by atoms with Crippen molar-refractivity contribution in [2.75, 3.05) is 29.2 Å². The van der Waals surface area contributed by atoms with Gasteiger partial charge in [-0.05, 0) is 19.3 Å². The second-order valence-corrected chi connectivity index (χ2v) is 13.4. The molecule has 0 saturated heterocycles. The van der Waals surface area contributed by atoms with Crippen molar-refractivity contribution < 1.29 is 14.3 Å². The van der Waals surface area contributed by atoms with E-state index in [1.54, 1.807) is 4.90 Å². The number of nitrogens with one attached hydrogen (secondary N) is 2. The van der Waals surface area contributed by atoms with Crippen molar-refractivity contribution >= 4 is 29.0 Å². The molecule has 264 valence electrons. The average Bonchev–Trinajstić information content (AvgIpc) is 3.46. The topological polar surface area (TPSA) is 130 Å². The van der Waals surface area contributed by atoms with Crippen LogP contribution < -0.4 is 21.5 Å². The number of carbonyl (C=O) groups is 2. The van der Waals surface area contributed by atoms with Gasteiger partial charge in [0.1, 0.15) is 11.5 Å². The molecule has 1 aliphatic heterocycles. The summed E-state index contributed by atoms with van der Waals surface area (Å²) in [5, 5.41) is 3.03. The summed E-state index contributed by atoms with van der Waals surface area (Å²) in [6, 6.07) is 0. The lowest BCUT2D eigenvalue weighted by Gasteiger charge is -2.27. The summed E-state index contributed by atoms with van der Waals surface area (Å²) >= 11 is 0. The zero-order valence-corrected chi connectivity index (χ0v) is 29.5. The van der Waals surface area contributed by atoms with Crippen molar-refractivity contribution in [2.45, 2.75) is 187 Å². The van der Waals surface area contributed by atoms with Crippen LogP contribution >= 0.6 is 0 Å². The number of nitrogen functional groups attached to an aromatic ring is 1. The van der Waals surface area contributed by atoms with E-state index in [0.29, 0.717) is 43.8 Å². The lowest BCUT2D eigenvalue weighted by atomic mass is 10.0. The van der Waals surface area contributed by atoms with E-state index in [9.17, 15) is 14.4 Å². The molecule has 0 saturated carbocycles. The molecule has 1 aliphatic rings. The molecule has 0 fully saturated rings. The lowest BCUT2D eigenvalue weighted by Crippen LogP contribution is -2.44. The first-order valence-corrected chi connectivity index (χ1v) is 19.0. The Morgan fingerprint density at radius 1 is 0.717 bits per heavy atom. The normalized spacial score (nSPS) is 13.1. The number of Topliss-reactive ketones (excluding diaryl/α,β-unsaturated/α-hetero) is 2. The number of ketones is 2. The van der Waals surface area contributed by atoms with Gasteiger partial charge in [0, 0.05) is 19.3 Å². The third-order valence-corrected chi connectivity index (χ3v) is 9.14. The van der Waals surface area contributed by atoms with E-state index >= 15 is 0 Å². The van der Waals surface area contributed by atoms with E-state index in [1.165, 1.54) is 109 Å². The van der Waals surface area contributed by atoms with Crippen LogP contribution in [-0.2, 0) is 14.3 Å². The maximum atomic E-state index is 13.4. The minimum Gasteiger partial charge on any atom is -0.369 e. The number of nitrogens with two attached hydrogens (primary N) is 1. The Morgan fingerprint density at radius 3 is 1.70 bits per heavy atom. The van der Waals surface area contributed by atoms with Crippen LogP contribution in [0.3, 0.4) is 0 Å². The van der Waals surface area contributed by atoms with Gasteiger partial charge in [-0.25, -0.2) is 0 Å². The largest absolute Gasteiger partial charge is 0.369 e. The Hall–Kier alpha value is -2.42. The van der Waals surface area contributed by atoms with Crippen LogP contribution in [0, 0.1) is 0 Å². The lowest BCUT2D eigenvalue weighted by molar-refractivity contribution is -0.130. The molecule has 0 spiro atoms. The van der Waals surface area contributed by atoms with Crippen molar-refractivity contribution in [3.8, 4) is 0 Å². The molecule has 0 aromatic carbocycles. The molecule has 2 heterocycles. The van der Waals surface area contributed by atoms with Crippen LogP contribution in [0.25, 0.3) is 0 Å². The van der Waals surface area contributed by atoms with E-state index < -0.39 is 6.23 Å². The molecule has 1 unspecified atom stereocenters. The van der Waals surface area contributed by atoms with Crippen molar-refractivity contribution in [1.29, 1.82) is 0 Å². The molecular weight excluding hydrogens is 578 g/mol. The number of fused-ring (bicyclic) bond motifs is 1. The van der Waals surface area contributed by atoms with Gasteiger partial charge >= 0.3 is 0 Å². The highest BCUT2D eigenvalue weighted by atomic mass is 16.5. The van der Waals surface area contributed by atoms with Gasteiger partial charge in [-0.15, -0.1) is 0 Å². The number of ether oxygens (including phenoxy) is 1. The Balaban J connectivity index is 1.69. The van der Waals surface area contributed by atoms with Gasteiger partial charge in [-0.1, -0.05) is 142 Å². The first-order chi connectivity index (χ1) is 22.5. The number of unbranched alkanes of at least 4 members (excludes halogenated alkanes) is 20. The van der Waals surface area contributed by atoms with Gasteiger partial charge < -0.3 is 20.7 Å². The molecule has 0 amide bonds. The van der Waals surface area contributed by atoms with Gasteiger partial charge in [0.2, 0.25) is 5.95 Å². The highest BCUT2D eigenvalue weighted by Crippen LogP contribution is 2.29. The molecule has 1 atom stereocenters. The number of aromatic amines is 1. The van der Waals surface area contributed by atoms with Gasteiger partial charge in [-0.2, -0.15) is 4.98 Å². The number of hydrogen-bond acceptors (Lipinski definition) is 8. The fraction of sp³-hybridized carbons (Fsp3) is 0.838. The Labute approximate surface area is 279 Å². The average molecular weight is 646 g/mol. The Morgan fingerprint density at radius 2 is 1.17 bits per heavy atom. The third-order valence-electron chi connectivity index (χ3n) is 9.14. The summed E-state index contributed by atoms with van der Waals surface area (Å²) in [7, 11) is 0. The van der Waals surface area contributed by atoms with Crippen LogP contribution in [0.1, 0.15) is 181 Å². The molecule has 0 aliphatic carbocycles. The van der Waals surface area contributed by atoms with Crippen molar-refractivity contribution in [2.24, 2.45) is 0 Å². The SMILES string of the molecule is CCCCCCCCCCCCCC(=O)CCCOC(C(=O)CCCCCCCCCCCCC)N1CNc2c1nc(N)[nH]c2=O. The highest BCUT2D eigenvalue weighted by Gasteiger charge is 2.34. The first-order valence-electron chi connectivity index (χ1n) is 19.0. The summed E-state index contributed by atoms with van der Waals surface area (Å²) < 4.78 is 6.13. The number of rotatable bonds is 31. The summed E-state index contributed by atoms with van der Waals surface area (Å²) in [6.45, 7) is 5.03. The number of carbonyl (C=O) groups excluding carboxylic acids is 2. The molecular formula is C37H67N5O4. The Kier molecular flexibility index (Phi) is 22.2. The number of aromatic nitrogens is 2. The molecule has 9 heteroatoms. The molecule has 9 nitrogen and oxygen atoms in total. The second-order valence-electron chi connectivity index (χ2n) is 13.4. The molecule has 46 heavy (non-hydrogen) atoms. The fourth-order valence-corrected chi connectivity index (χ4v) is 6.30. The Bertz CT molecular complexity index is 1010. The van der Waals surface area contributed by atoms with Crippen LogP contribution in [0.5, 0.6) is 0 Å². The van der Waals surface area contributed by atoms with Crippen molar-refractivity contribution in [1.82, 2.24) is 9.97 Å². The van der Waals surface area contributed by atoms with E-state index in [-0.39, 0.29) is 29.7 Å². The summed E-state index contributed by atoms with van der Waals surface area (Å²) in [4.78, 5) is 46.8.